The number of methoxy groups -OCH3 is 2. The molecular weight excluding hydrogens is 350 g/mol. The fourth-order valence-corrected chi connectivity index (χ4v) is 3.11. The summed E-state index contributed by atoms with van der Waals surface area (Å²) in [5.74, 6) is 2.40. The van der Waals surface area contributed by atoms with Crippen LogP contribution < -0.4 is 14.8 Å². The molecule has 1 N–H and O–H groups in total. The number of hydrogen-bond donors (Lipinski definition) is 1. The van der Waals surface area contributed by atoms with Gasteiger partial charge in [0.2, 0.25) is 0 Å². The Bertz CT molecular complexity index is 773. The lowest BCUT2D eigenvalue weighted by Gasteiger charge is -2.29. The number of rotatable bonds is 8. The molecule has 0 saturated carbocycles. The van der Waals surface area contributed by atoms with Crippen molar-refractivity contribution in [3.05, 3.63) is 59.7 Å². The highest BCUT2D eigenvalue weighted by Gasteiger charge is 2.21. The van der Waals surface area contributed by atoms with Gasteiger partial charge in [-0.1, -0.05) is 50.2 Å². The molecule has 2 aromatic rings. The maximum Gasteiger partial charge on any atom is 0.193 e. The number of likely N-dealkylation sites (N-methyl/N-ethyl adjacent to an activating group) is 1. The molecule has 5 nitrogen and oxygen atoms in total. The largest absolute Gasteiger partial charge is 0.493 e. The van der Waals surface area contributed by atoms with E-state index in [9.17, 15) is 0 Å². The molecule has 0 saturated heterocycles. The van der Waals surface area contributed by atoms with Gasteiger partial charge in [-0.15, -0.1) is 0 Å². The van der Waals surface area contributed by atoms with Gasteiger partial charge in [0.1, 0.15) is 0 Å². The van der Waals surface area contributed by atoms with Crippen LogP contribution in [0.4, 0.5) is 0 Å². The van der Waals surface area contributed by atoms with E-state index in [1.165, 1.54) is 11.1 Å². The van der Waals surface area contributed by atoms with E-state index in [2.05, 4.69) is 66.4 Å². The Balaban J connectivity index is 1.94. The Hall–Kier alpha value is -2.69. The first kappa shape index (κ1) is 21.6. The van der Waals surface area contributed by atoms with Gasteiger partial charge >= 0.3 is 0 Å². The summed E-state index contributed by atoms with van der Waals surface area (Å²) in [5.41, 5.74) is 2.52. The van der Waals surface area contributed by atoms with Gasteiger partial charge in [0.25, 0.3) is 0 Å². The Kier molecular flexibility index (Phi) is 7.73. The van der Waals surface area contributed by atoms with E-state index in [1.807, 2.05) is 25.2 Å². The fraction of sp³-hybridized carbons (Fsp3) is 0.435. The van der Waals surface area contributed by atoms with Gasteiger partial charge in [0.15, 0.2) is 17.5 Å². The predicted molar refractivity (Wildman–Crippen MR) is 117 cm³/mol. The minimum Gasteiger partial charge on any atom is -0.493 e. The van der Waals surface area contributed by atoms with Crippen LogP contribution in [-0.4, -0.2) is 52.3 Å². The molecule has 0 amide bonds. The first-order chi connectivity index (χ1) is 13.4. The normalized spacial score (nSPS) is 11.9. The van der Waals surface area contributed by atoms with Gasteiger partial charge in [0, 0.05) is 32.6 Å². The zero-order valence-corrected chi connectivity index (χ0v) is 18.0. The smallest absolute Gasteiger partial charge is 0.193 e. The van der Waals surface area contributed by atoms with Crippen LogP contribution in [0, 0.1) is 0 Å². The second-order valence-electron chi connectivity index (χ2n) is 7.51. The van der Waals surface area contributed by atoms with E-state index < -0.39 is 0 Å². The Morgan fingerprint density at radius 1 is 1.04 bits per heavy atom. The van der Waals surface area contributed by atoms with Gasteiger partial charge < -0.3 is 19.7 Å². The SMILES string of the molecule is CN=C(NCC(C)(C)c1ccccc1)N(C)CCc1ccc(OC)c(OC)c1. The molecule has 0 heterocycles. The van der Waals surface area contributed by atoms with Crippen molar-refractivity contribution in [2.24, 2.45) is 4.99 Å². The predicted octanol–water partition coefficient (Wildman–Crippen LogP) is 3.73. The minimum atomic E-state index is 0.0153. The van der Waals surface area contributed by atoms with Crippen molar-refractivity contribution in [3.8, 4) is 11.5 Å². The van der Waals surface area contributed by atoms with Gasteiger partial charge in [-0.2, -0.15) is 0 Å². The summed E-state index contributed by atoms with van der Waals surface area (Å²) in [7, 11) is 7.20. The van der Waals surface area contributed by atoms with E-state index in [-0.39, 0.29) is 5.41 Å². The molecule has 5 heteroatoms. The Morgan fingerprint density at radius 3 is 2.32 bits per heavy atom. The van der Waals surface area contributed by atoms with Gasteiger partial charge in [0.05, 0.1) is 14.2 Å². The molecular formula is C23H33N3O2. The van der Waals surface area contributed by atoms with Crippen LogP contribution in [0.1, 0.15) is 25.0 Å². The number of guanidine groups is 1. The monoisotopic (exact) mass is 383 g/mol. The summed E-state index contributed by atoms with van der Waals surface area (Å²) in [6.07, 6.45) is 0.889. The summed E-state index contributed by atoms with van der Waals surface area (Å²) in [5, 5.41) is 3.52. The third kappa shape index (κ3) is 5.65. The topological polar surface area (TPSA) is 46.1 Å². The van der Waals surface area contributed by atoms with E-state index in [4.69, 9.17) is 9.47 Å². The molecule has 0 fully saturated rings. The zero-order chi connectivity index (χ0) is 20.6. The van der Waals surface area contributed by atoms with Crippen molar-refractivity contribution >= 4 is 5.96 Å². The summed E-state index contributed by atoms with van der Waals surface area (Å²) in [4.78, 5) is 6.60. The lowest BCUT2D eigenvalue weighted by atomic mass is 9.85. The highest BCUT2D eigenvalue weighted by Crippen LogP contribution is 2.27. The van der Waals surface area contributed by atoms with E-state index in [0.29, 0.717) is 0 Å². The molecule has 2 rings (SSSR count). The van der Waals surface area contributed by atoms with Crippen molar-refractivity contribution in [2.75, 3.05) is 41.4 Å². The average Bonchev–Trinajstić information content (AvgIpc) is 2.72. The standard InChI is InChI=1S/C23H33N3O2/c1-23(2,19-10-8-7-9-11-19)17-25-22(24-3)26(4)15-14-18-12-13-20(27-5)21(16-18)28-6/h7-13,16H,14-15,17H2,1-6H3,(H,24,25). The van der Waals surface area contributed by atoms with Gasteiger partial charge in [-0.05, 0) is 29.7 Å². The van der Waals surface area contributed by atoms with Crippen LogP contribution in [0.5, 0.6) is 11.5 Å². The molecule has 0 spiro atoms. The number of benzene rings is 2. The molecule has 0 atom stereocenters. The number of nitrogens with zero attached hydrogens (tertiary/aromatic N) is 2. The quantitative estimate of drug-likeness (QED) is 0.557. The first-order valence-electron chi connectivity index (χ1n) is 9.59. The van der Waals surface area contributed by atoms with Crippen molar-refractivity contribution in [1.82, 2.24) is 10.2 Å². The summed E-state index contributed by atoms with van der Waals surface area (Å²) >= 11 is 0. The number of aliphatic imine (C=N–C) groups is 1. The average molecular weight is 384 g/mol. The molecule has 28 heavy (non-hydrogen) atoms. The maximum atomic E-state index is 5.40. The maximum absolute atomic E-state index is 5.40. The van der Waals surface area contributed by atoms with Crippen molar-refractivity contribution < 1.29 is 9.47 Å². The summed E-state index contributed by atoms with van der Waals surface area (Å²) in [6.45, 7) is 6.14. The number of ether oxygens (including phenoxy) is 2. The van der Waals surface area contributed by atoms with Crippen molar-refractivity contribution in [3.63, 3.8) is 0 Å². The lowest BCUT2D eigenvalue weighted by molar-refractivity contribution is 0.354. The van der Waals surface area contributed by atoms with Crippen LogP contribution in [0.15, 0.2) is 53.5 Å². The molecule has 0 bridgehead atoms. The third-order valence-corrected chi connectivity index (χ3v) is 5.00. The molecule has 0 radical (unpaired) electrons. The lowest BCUT2D eigenvalue weighted by Crippen LogP contribution is -2.44. The van der Waals surface area contributed by atoms with Gasteiger partial charge in [-0.3, -0.25) is 4.99 Å². The molecule has 2 aromatic carbocycles. The van der Waals surface area contributed by atoms with Crippen LogP contribution in [0.25, 0.3) is 0 Å². The van der Waals surface area contributed by atoms with E-state index >= 15 is 0 Å². The number of hydrogen-bond acceptors (Lipinski definition) is 3. The fourth-order valence-electron chi connectivity index (χ4n) is 3.11. The molecule has 0 unspecified atom stereocenters. The second kappa shape index (κ2) is 10.0. The Morgan fingerprint density at radius 2 is 1.71 bits per heavy atom. The van der Waals surface area contributed by atoms with Crippen LogP contribution >= 0.6 is 0 Å². The van der Waals surface area contributed by atoms with E-state index in [0.717, 1.165) is 37.0 Å². The highest BCUT2D eigenvalue weighted by molar-refractivity contribution is 5.79. The molecule has 0 aliphatic heterocycles. The first-order valence-corrected chi connectivity index (χ1v) is 9.59. The molecule has 152 valence electrons. The molecule has 0 aliphatic carbocycles. The van der Waals surface area contributed by atoms with Crippen LogP contribution in [-0.2, 0) is 11.8 Å². The highest BCUT2D eigenvalue weighted by atomic mass is 16.5. The number of nitrogens with one attached hydrogen (secondary N) is 1. The third-order valence-electron chi connectivity index (χ3n) is 5.00. The van der Waals surface area contributed by atoms with Crippen LogP contribution in [0.3, 0.4) is 0 Å². The summed E-state index contributed by atoms with van der Waals surface area (Å²) < 4.78 is 10.7. The second-order valence-corrected chi connectivity index (χ2v) is 7.51. The summed E-state index contributed by atoms with van der Waals surface area (Å²) in [6, 6.07) is 16.6. The minimum absolute atomic E-state index is 0.0153. The Labute approximate surface area is 169 Å². The van der Waals surface area contributed by atoms with Crippen LogP contribution in [0.2, 0.25) is 0 Å². The zero-order valence-electron chi connectivity index (χ0n) is 18.0. The molecule has 0 aromatic heterocycles. The van der Waals surface area contributed by atoms with Gasteiger partial charge in [-0.25, -0.2) is 0 Å². The van der Waals surface area contributed by atoms with Crippen molar-refractivity contribution in [1.29, 1.82) is 0 Å². The van der Waals surface area contributed by atoms with Crippen molar-refractivity contribution in [2.45, 2.75) is 25.7 Å². The molecule has 0 aliphatic rings. The van der Waals surface area contributed by atoms with E-state index in [1.54, 1.807) is 14.2 Å².